The molecule has 1 saturated heterocycles. The van der Waals surface area contributed by atoms with Gasteiger partial charge in [0.1, 0.15) is 4.90 Å². The molecular weight excluding hydrogens is 294 g/mol. The van der Waals surface area contributed by atoms with Crippen LogP contribution in [0.25, 0.3) is 0 Å². The third-order valence-corrected chi connectivity index (χ3v) is 5.27. The van der Waals surface area contributed by atoms with E-state index >= 15 is 0 Å². The standard InChI is InChI=1S/C13H19N3O4S/c1-9-8-16(5-2-6-20-9)21(18,19)12-4-3-10(13(15)17)7-11(12)14/h3-4,7,9H,2,5-6,8,14H2,1H3,(H2,15,17). The molecule has 0 radical (unpaired) electrons. The zero-order chi connectivity index (χ0) is 15.6. The van der Waals surface area contributed by atoms with Gasteiger partial charge in [-0.25, -0.2) is 8.42 Å². The number of carbonyl (C=O) groups is 1. The molecule has 0 bridgehead atoms. The lowest BCUT2D eigenvalue weighted by molar-refractivity contribution is 0.0752. The van der Waals surface area contributed by atoms with Gasteiger partial charge in [-0.05, 0) is 31.5 Å². The highest BCUT2D eigenvalue weighted by Crippen LogP contribution is 2.25. The Morgan fingerprint density at radius 3 is 2.76 bits per heavy atom. The molecule has 21 heavy (non-hydrogen) atoms. The van der Waals surface area contributed by atoms with Crippen LogP contribution in [0, 0.1) is 0 Å². The van der Waals surface area contributed by atoms with Crippen molar-refractivity contribution in [2.45, 2.75) is 24.3 Å². The second-order valence-electron chi connectivity index (χ2n) is 5.01. The molecule has 1 amide bonds. The Bertz CT molecular complexity index is 645. The van der Waals surface area contributed by atoms with Crippen molar-refractivity contribution in [3.8, 4) is 0 Å². The van der Waals surface area contributed by atoms with Crippen LogP contribution in [-0.2, 0) is 14.8 Å². The minimum absolute atomic E-state index is 0.0124. The van der Waals surface area contributed by atoms with Crippen LogP contribution >= 0.6 is 0 Å². The van der Waals surface area contributed by atoms with Crippen molar-refractivity contribution >= 4 is 21.6 Å². The number of hydrogen-bond donors (Lipinski definition) is 2. The molecule has 4 N–H and O–H groups in total. The lowest BCUT2D eigenvalue weighted by Gasteiger charge is -2.22. The van der Waals surface area contributed by atoms with Gasteiger partial charge in [-0.15, -0.1) is 0 Å². The van der Waals surface area contributed by atoms with Crippen LogP contribution < -0.4 is 11.5 Å². The number of benzene rings is 1. The predicted octanol–water partition coefficient (Wildman–Crippen LogP) is 0.167. The minimum Gasteiger partial charge on any atom is -0.398 e. The van der Waals surface area contributed by atoms with Gasteiger partial charge in [0.15, 0.2) is 0 Å². The molecule has 116 valence electrons. The molecule has 1 unspecified atom stereocenters. The van der Waals surface area contributed by atoms with Gasteiger partial charge in [0.05, 0.1) is 11.8 Å². The fourth-order valence-electron chi connectivity index (χ4n) is 2.25. The summed E-state index contributed by atoms with van der Waals surface area (Å²) in [5.74, 6) is -0.651. The van der Waals surface area contributed by atoms with Crippen molar-refractivity contribution in [2.24, 2.45) is 5.73 Å². The number of nitrogen functional groups attached to an aromatic ring is 1. The Hall–Kier alpha value is -1.64. The van der Waals surface area contributed by atoms with Crippen molar-refractivity contribution in [2.75, 3.05) is 25.4 Å². The number of carbonyl (C=O) groups excluding carboxylic acids is 1. The van der Waals surface area contributed by atoms with Crippen molar-refractivity contribution in [1.29, 1.82) is 0 Å². The Labute approximate surface area is 123 Å². The van der Waals surface area contributed by atoms with E-state index in [2.05, 4.69) is 0 Å². The molecule has 0 aromatic heterocycles. The van der Waals surface area contributed by atoms with Crippen molar-refractivity contribution < 1.29 is 17.9 Å². The van der Waals surface area contributed by atoms with Gasteiger partial charge in [0.2, 0.25) is 15.9 Å². The van der Waals surface area contributed by atoms with E-state index in [1.54, 1.807) is 0 Å². The maximum absolute atomic E-state index is 12.7. The van der Waals surface area contributed by atoms with E-state index in [9.17, 15) is 13.2 Å². The molecule has 1 aliphatic heterocycles. The third kappa shape index (κ3) is 3.34. The summed E-state index contributed by atoms with van der Waals surface area (Å²) in [4.78, 5) is 11.1. The number of rotatable bonds is 3. The van der Waals surface area contributed by atoms with E-state index in [-0.39, 0.29) is 28.8 Å². The van der Waals surface area contributed by atoms with Crippen LogP contribution in [0.3, 0.4) is 0 Å². The summed E-state index contributed by atoms with van der Waals surface area (Å²) in [6.45, 7) is 3.01. The number of hydrogen-bond acceptors (Lipinski definition) is 5. The molecule has 1 aromatic carbocycles. The van der Waals surface area contributed by atoms with Crippen LogP contribution in [0.15, 0.2) is 23.1 Å². The average Bonchev–Trinajstić information content (AvgIpc) is 2.63. The first-order valence-electron chi connectivity index (χ1n) is 6.63. The molecular formula is C13H19N3O4S. The quantitative estimate of drug-likeness (QED) is 0.772. The lowest BCUT2D eigenvalue weighted by Crippen LogP contribution is -2.36. The van der Waals surface area contributed by atoms with Gasteiger partial charge in [0, 0.05) is 25.3 Å². The zero-order valence-electron chi connectivity index (χ0n) is 11.8. The van der Waals surface area contributed by atoms with E-state index in [4.69, 9.17) is 16.2 Å². The number of amides is 1. The summed E-state index contributed by atoms with van der Waals surface area (Å²) in [7, 11) is -3.72. The largest absolute Gasteiger partial charge is 0.398 e. The predicted molar refractivity (Wildman–Crippen MR) is 78.2 cm³/mol. The normalized spacial score (nSPS) is 20.9. The fraction of sp³-hybridized carbons (Fsp3) is 0.462. The second-order valence-corrected chi connectivity index (χ2v) is 6.92. The molecule has 1 aromatic rings. The molecule has 8 heteroatoms. The van der Waals surface area contributed by atoms with Gasteiger partial charge in [-0.1, -0.05) is 0 Å². The summed E-state index contributed by atoms with van der Waals surface area (Å²) in [5.41, 5.74) is 11.1. The molecule has 7 nitrogen and oxygen atoms in total. The van der Waals surface area contributed by atoms with Crippen LogP contribution in [0.1, 0.15) is 23.7 Å². The molecule has 1 aliphatic rings. The van der Waals surface area contributed by atoms with Crippen molar-refractivity contribution in [1.82, 2.24) is 4.31 Å². The van der Waals surface area contributed by atoms with E-state index in [1.165, 1.54) is 22.5 Å². The third-order valence-electron chi connectivity index (χ3n) is 3.33. The van der Waals surface area contributed by atoms with Gasteiger partial charge in [-0.2, -0.15) is 4.31 Å². The van der Waals surface area contributed by atoms with Crippen molar-refractivity contribution in [3.05, 3.63) is 23.8 Å². The van der Waals surface area contributed by atoms with Crippen LogP contribution in [0.2, 0.25) is 0 Å². The zero-order valence-corrected chi connectivity index (χ0v) is 12.6. The maximum atomic E-state index is 12.7. The topological polar surface area (TPSA) is 116 Å². The SMILES string of the molecule is CC1CN(S(=O)(=O)c2ccc(C(N)=O)cc2N)CCCO1. The number of ether oxygens (including phenoxy) is 1. The first kappa shape index (κ1) is 15.7. The summed E-state index contributed by atoms with van der Waals surface area (Å²) in [5, 5.41) is 0. The highest BCUT2D eigenvalue weighted by atomic mass is 32.2. The van der Waals surface area contributed by atoms with Crippen LogP contribution in [0.4, 0.5) is 5.69 Å². The van der Waals surface area contributed by atoms with E-state index < -0.39 is 15.9 Å². The van der Waals surface area contributed by atoms with Gasteiger partial charge in [0.25, 0.3) is 0 Å². The van der Waals surface area contributed by atoms with Crippen molar-refractivity contribution in [3.63, 3.8) is 0 Å². The van der Waals surface area contributed by atoms with Crippen LogP contribution in [-0.4, -0.2) is 44.4 Å². The highest BCUT2D eigenvalue weighted by Gasteiger charge is 2.29. The number of nitrogens with zero attached hydrogens (tertiary/aromatic N) is 1. The fourth-order valence-corrected chi connectivity index (χ4v) is 3.90. The van der Waals surface area contributed by atoms with Gasteiger partial charge >= 0.3 is 0 Å². The first-order chi connectivity index (χ1) is 9.82. The molecule has 1 heterocycles. The number of sulfonamides is 1. The number of nitrogens with two attached hydrogens (primary N) is 2. The minimum atomic E-state index is -3.72. The Morgan fingerprint density at radius 2 is 2.14 bits per heavy atom. The number of primary amides is 1. The molecule has 0 spiro atoms. The molecule has 0 aliphatic carbocycles. The second kappa shape index (κ2) is 6.00. The Kier molecular flexibility index (Phi) is 4.50. The summed E-state index contributed by atoms with van der Waals surface area (Å²) >= 11 is 0. The van der Waals surface area contributed by atoms with E-state index in [0.717, 1.165) is 0 Å². The molecule has 0 saturated carbocycles. The highest BCUT2D eigenvalue weighted by molar-refractivity contribution is 7.89. The molecule has 1 atom stereocenters. The van der Waals surface area contributed by atoms with E-state index in [1.807, 2.05) is 6.92 Å². The first-order valence-corrected chi connectivity index (χ1v) is 8.07. The summed E-state index contributed by atoms with van der Waals surface area (Å²) in [6.07, 6.45) is 0.455. The lowest BCUT2D eigenvalue weighted by atomic mass is 10.2. The smallest absolute Gasteiger partial charge is 0.248 e. The number of anilines is 1. The Balaban J connectivity index is 2.37. The van der Waals surface area contributed by atoms with Gasteiger partial charge in [-0.3, -0.25) is 4.79 Å². The monoisotopic (exact) mass is 313 g/mol. The summed E-state index contributed by atoms with van der Waals surface area (Å²) in [6, 6.07) is 3.97. The van der Waals surface area contributed by atoms with Gasteiger partial charge < -0.3 is 16.2 Å². The molecule has 1 fully saturated rings. The van der Waals surface area contributed by atoms with E-state index in [0.29, 0.717) is 19.6 Å². The Morgan fingerprint density at radius 1 is 1.43 bits per heavy atom. The average molecular weight is 313 g/mol. The summed E-state index contributed by atoms with van der Waals surface area (Å²) < 4.78 is 32.1. The van der Waals surface area contributed by atoms with Crippen LogP contribution in [0.5, 0.6) is 0 Å². The molecule has 2 rings (SSSR count). The maximum Gasteiger partial charge on any atom is 0.248 e.